The second-order valence-corrected chi connectivity index (χ2v) is 12.4. The third-order valence-electron chi connectivity index (χ3n) is 6.79. The van der Waals surface area contributed by atoms with E-state index in [0.717, 1.165) is 27.6 Å². The summed E-state index contributed by atoms with van der Waals surface area (Å²) in [5.74, 6) is -0.135. The zero-order chi connectivity index (χ0) is 29.3. The number of hydrogen-bond donors (Lipinski definition) is 0. The summed E-state index contributed by atoms with van der Waals surface area (Å²) in [7, 11) is -4.12. The van der Waals surface area contributed by atoms with Gasteiger partial charge < -0.3 is 4.18 Å². The number of fused-ring (bicyclic) bond motifs is 1. The molecule has 208 valence electrons. The van der Waals surface area contributed by atoms with Crippen LogP contribution in [0.5, 0.6) is 5.75 Å². The molecule has 0 saturated carbocycles. The van der Waals surface area contributed by atoms with Crippen LogP contribution < -0.4 is 9.08 Å². The van der Waals surface area contributed by atoms with Gasteiger partial charge in [-0.2, -0.15) is 8.42 Å². The average Bonchev–Trinajstić information content (AvgIpc) is 3.30. The number of carbonyl (C=O) groups excluding carboxylic acids is 1. The Balaban J connectivity index is 1.48. The summed E-state index contributed by atoms with van der Waals surface area (Å²) in [5, 5.41) is 2.14. The van der Waals surface area contributed by atoms with Gasteiger partial charge in [-0.1, -0.05) is 83.9 Å². The summed E-state index contributed by atoms with van der Waals surface area (Å²) >= 11 is 1.23. The van der Waals surface area contributed by atoms with Crippen LogP contribution >= 0.6 is 11.8 Å². The molecule has 1 aliphatic rings. The van der Waals surface area contributed by atoms with Crippen molar-refractivity contribution in [2.45, 2.75) is 18.7 Å². The first kappa shape index (κ1) is 27.5. The molecule has 0 aliphatic carbocycles. The molecule has 0 bridgehead atoms. The van der Waals surface area contributed by atoms with E-state index in [1.54, 1.807) is 41.3 Å². The standard InChI is InChI=1S/C34H26N2O4S2/c1-23-12-17-26(18-13-23)35-34-36(27-19-14-24(2)15-20-27)33(37)32(41-34)22-30-29-11-7-6-8-25(29)16-21-31(30)40-42(38,39)28-9-4-3-5-10-28/h3-22H,1-2H3/b32-22-,35-34?. The molecule has 1 amide bonds. The number of amidine groups is 1. The molecule has 0 N–H and O–H groups in total. The van der Waals surface area contributed by atoms with Gasteiger partial charge in [0.2, 0.25) is 0 Å². The van der Waals surface area contributed by atoms with Crippen LogP contribution in [0.4, 0.5) is 11.4 Å². The number of rotatable bonds is 6. The predicted octanol–water partition coefficient (Wildman–Crippen LogP) is 8.03. The fourth-order valence-electron chi connectivity index (χ4n) is 4.58. The van der Waals surface area contributed by atoms with E-state index in [2.05, 4.69) is 0 Å². The minimum absolute atomic E-state index is 0.0427. The van der Waals surface area contributed by atoms with Crippen molar-refractivity contribution in [3.63, 3.8) is 0 Å². The first-order valence-corrected chi connectivity index (χ1v) is 15.5. The van der Waals surface area contributed by atoms with Crippen LogP contribution in [-0.4, -0.2) is 19.5 Å². The normalized spacial score (nSPS) is 15.6. The van der Waals surface area contributed by atoms with E-state index < -0.39 is 10.1 Å². The highest BCUT2D eigenvalue weighted by Crippen LogP contribution is 2.40. The number of benzene rings is 5. The quantitative estimate of drug-likeness (QED) is 0.148. The molecule has 0 unspecified atom stereocenters. The van der Waals surface area contributed by atoms with Gasteiger partial charge in [-0.05, 0) is 84.9 Å². The van der Waals surface area contributed by atoms with Gasteiger partial charge in [-0.15, -0.1) is 0 Å². The highest BCUT2D eigenvalue weighted by molar-refractivity contribution is 8.19. The Bertz CT molecular complexity index is 1970. The van der Waals surface area contributed by atoms with Gasteiger partial charge in [0.25, 0.3) is 5.91 Å². The first-order chi connectivity index (χ1) is 20.3. The fourth-order valence-corrected chi connectivity index (χ4v) is 6.53. The molecular formula is C34H26N2O4S2. The SMILES string of the molecule is Cc1ccc(N=C2S/C(=C\c3c(OS(=O)(=O)c4ccccc4)ccc4ccccc34)C(=O)N2c2ccc(C)cc2)cc1. The average molecular weight is 591 g/mol. The van der Waals surface area contributed by atoms with Gasteiger partial charge in [-0.3, -0.25) is 9.69 Å². The summed E-state index contributed by atoms with van der Waals surface area (Å²) < 4.78 is 32.1. The molecule has 6 rings (SSSR count). The van der Waals surface area contributed by atoms with E-state index in [1.165, 1.54) is 23.9 Å². The van der Waals surface area contributed by atoms with Crippen molar-refractivity contribution < 1.29 is 17.4 Å². The van der Waals surface area contributed by atoms with Crippen molar-refractivity contribution in [1.29, 1.82) is 0 Å². The van der Waals surface area contributed by atoms with Gasteiger partial charge in [0, 0.05) is 5.56 Å². The molecule has 0 spiro atoms. The van der Waals surface area contributed by atoms with Crippen LogP contribution in [0.2, 0.25) is 0 Å². The Labute approximate surface area is 249 Å². The lowest BCUT2D eigenvalue weighted by molar-refractivity contribution is -0.113. The molecular weight excluding hydrogens is 565 g/mol. The Kier molecular flexibility index (Phi) is 7.41. The Morgan fingerprint density at radius 1 is 0.762 bits per heavy atom. The summed E-state index contributed by atoms with van der Waals surface area (Å²) in [4.78, 5) is 20.8. The molecule has 8 heteroatoms. The summed E-state index contributed by atoms with van der Waals surface area (Å²) in [6.45, 7) is 3.99. The van der Waals surface area contributed by atoms with E-state index in [4.69, 9.17) is 9.18 Å². The molecule has 1 fully saturated rings. The minimum Gasteiger partial charge on any atom is -0.378 e. The maximum Gasteiger partial charge on any atom is 0.339 e. The van der Waals surface area contributed by atoms with Crippen LogP contribution in [0.1, 0.15) is 16.7 Å². The molecule has 0 atom stereocenters. The van der Waals surface area contributed by atoms with Crippen molar-refractivity contribution >= 4 is 61.2 Å². The topological polar surface area (TPSA) is 76.0 Å². The summed E-state index contributed by atoms with van der Waals surface area (Å²) in [6.07, 6.45) is 1.70. The van der Waals surface area contributed by atoms with E-state index in [1.807, 2.05) is 86.6 Å². The van der Waals surface area contributed by atoms with Crippen molar-refractivity contribution in [1.82, 2.24) is 0 Å². The maximum absolute atomic E-state index is 14.0. The molecule has 1 aliphatic heterocycles. The van der Waals surface area contributed by atoms with Crippen molar-refractivity contribution in [3.8, 4) is 5.75 Å². The molecule has 5 aromatic rings. The van der Waals surface area contributed by atoms with Crippen molar-refractivity contribution in [2.24, 2.45) is 4.99 Å². The van der Waals surface area contributed by atoms with E-state index >= 15 is 0 Å². The van der Waals surface area contributed by atoms with Crippen LogP contribution in [0.15, 0.2) is 130 Å². The van der Waals surface area contributed by atoms with Gasteiger partial charge in [0.05, 0.1) is 16.3 Å². The lowest BCUT2D eigenvalue weighted by Crippen LogP contribution is -2.28. The largest absolute Gasteiger partial charge is 0.378 e. The van der Waals surface area contributed by atoms with E-state index in [9.17, 15) is 13.2 Å². The fraction of sp³-hybridized carbons (Fsp3) is 0.0588. The lowest BCUT2D eigenvalue weighted by atomic mass is 10.0. The molecule has 6 nitrogen and oxygen atoms in total. The number of hydrogen-bond acceptors (Lipinski definition) is 6. The molecule has 0 radical (unpaired) electrons. The Hall–Kier alpha value is -4.66. The van der Waals surface area contributed by atoms with Crippen LogP contribution in [0.3, 0.4) is 0 Å². The van der Waals surface area contributed by atoms with E-state index in [-0.39, 0.29) is 16.6 Å². The number of amides is 1. The third kappa shape index (κ3) is 5.59. The summed E-state index contributed by atoms with van der Waals surface area (Å²) in [6, 6.07) is 34.4. The molecule has 5 aromatic carbocycles. The monoisotopic (exact) mass is 590 g/mol. The van der Waals surface area contributed by atoms with Gasteiger partial charge >= 0.3 is 10.1 Å². The lowest BCUT2D eigenvalue weighted by Gasteiger charge is -2.16. The molecule has 1 saturated heterocycles. The van der Waals surface area contributed by atoms with Gasteiger partial charge in [0.15, 0.2) is 10.9 Å². The number of carbonyl (C=O) groups is 1. The van der Waals surface area contributed by atoms with Gasteiger partial charge in [0.1, 0.15) is 4.90 Å². The third-order valence-corrected chi connectivity index (χ3v) is 9.01. The predicted molar refractivity (Wildman–Crippen MR) is 171 cm³/mol. The Morgan fingerprint density at radius 2 is 1.40 bits per heavy atom. The number of thioether (sulfide) groups is 1. The second-order valence-electron chi connectivity index (χ2n) is 9.87. The highest BCUT2D eigenvalue weighted by Gasteiger charge is 2.35. The zero-order valence-electron chi connectivity index (χ0n) is 22.9. The van der Waals surface area contributed by atoms with Crippen LogP contribution in [0, 0.1) is 13.8 Å². The van der Waals surface area contributed by atoms with Crippen LogP contribution in [-0.2, 0) is 14.9 Å². The Morgan fingerprint density at radius 3 is 2.12 bits per heavy atom. The maximum atomic E-state index is 14.0. The van der Waals surface area contributed by atoms with E-state index in [0.29, 0.717) is 21.3 Å². The number of aryl methyl sites for hydroxylation is 2. The zero-order valence-corrected chi connectivity index (χ0v) is 24.5. The molecule has 42 heavy (non-hydrogen) atoms. The number of aliphatic imine (C=N–C) groups is 1. The summed E-state index contributed by atoms with van der Waals surface area (Å²) in [5.41, 5.74) is 4.08. The van der Waals surface area contributed by atoms with Crippen molar-refractivity contribution in [2.75, 3.05) is 4.90 Å². The van der Waals surface area contributed by atoms with Gasteiger partial charge in [-0.25, -0.2) is 4.99 Å². The minimum atomic E-state index is -4.12. The van der Waals surface area contributed by atoms with Crippen molar-refractivity contribution in [3.05, 3.63) is 137 Å². The molecule has 1 heterocycles. The van der Waals surface area contributed by atoms with Crippen LogP contribution in [0.25, 0.3) is 16.8 Å². The first-order valence-electron chi connectivity index (χ1n) is 13.3. The smallest absolute Gasteiger partial charge is 0.339 e. The highest BCUT2D eigenvalue weighted by atomic mass is 32.2. The number of nitrogens with zero attached hydrogens (tertiary/aromatic N) is 2. The molecule has 0 aromatic heterocycles. The second kappa shape index (κ2) is 11.3. The number of anilines is 1.